The number of rotatable bonds is 36. The lowest BCUT2D eigenvalue weighted by Crippen LogP contribution is -2.28. The molecule has 0 saturated heterocycles. The number of unbranched alkanes of at least 4 members (excludes halogenated alkanes) is 22. The lowest BCUT2D eigenvalue weighted by Gasteiger charge is -2.15. The summed E-state index contributed by atoms with van der Waals surface area (Å²) < 4.78 is 10.6. The van der Waals surface area contributed by atoms with Crippen molar-refractivity contribution in [3.05, 3.63) is 36.5 Å². The molecule has 0 unspecified atom stereocenters. The predicted molar refractivity (Wildman–Crippen MR) is 201 cm³/mol. The lowest BCUT2D eigenvalue weighted by atomic mass is 10.1. The number of aliphatic hydroxyl groups excluding tert-OH is 1. The molecule has 0 aliphatic carbocycles. The Bertz CT molecular complexity index is 756. The molecule has 0 aromatic rings. The third-order valence-corrected chi connectivity index (χ3v) is 8.66. The number of esters is 2. The van der Waals surface area contributed by atoms with Crippen LogP contribution >= 0.6 is 0 Å². The summed E-state index contributed by atoms with van der Waals surface area (Å²) in [6.07, 6.45) is 46.3. The molecule has 5 heteroatoms. The zero-order chi connectivity index (χ0) is 34.3. The van der Waals surface area contributed by atoms with Gasteiger partial charge in [0.05, 0.1) is 6.61 Å². The second-order valence-electron chi connectivity index (χ2n) is 13.4. The van der Waals surface area contributed by atoms with Crippen molar-refractivity contribution in [2.45, 2.75) is 206 Å². The first kappa shape index (κ1) is 45.1. The molecule has 274 valence electrons. The third kappa shape index (κ3) is 36.8. The number of hydrogen-bond acceptors (Lipinski definition) is 5. The van der Waals surface area contributed by atoms with Crippen LogP contribution in [0.2, 0.25) is 0 Å². The average molecular weight is 661 g/mol. The third-order valence-electron chi connectivity index (χ3n) is 8.66. The van der Waals surface area contributed by atoms with E-state index in [1.807, 2.05) is 0 Å². The highest BCUT2D eigenvalue weighted by atomic mass is 16.6. The van der Waals surface area contributed by atoms with Crippen molar-refractivity contribution in [3.8, 4) is 0 Å². The van der Waals surface area contributed by atoms with E-state index in [1.54, 1.807) is 0 Å². The van der Waals surface area contributed by atoms with Crippen molar-refractivity contribution in [2.75, 3.05) is 13.2 Å². The summed E-state index contributed by atoms with van der Waals surface area (Å²) in [5, 5.41) is 9.55. The van der Waals surface area contributed by atoms with E-state index in [0.29, 0.717) is 12.8 Å². The van der Waals surface area contributed by atoms with Gasteiger partial charge in [0.2, 0.25) is 0 Å². The lowest BCUT2D eigenvalue weighted by molar-refractivity contribution is -0.161. The summed E-state index contributed by atoms with van der Waals surface area (Å²) in [5.74, 6) is -0.603. The minimum Gasteiger partial charge on any atom is -0.462 e. The fourth-order valence-electron chi connectivity index (χ4n) is 5.58. The van der Waals surface area contributed by atoms with Gasteiger partial charge in [-0.2, -0.15) is 0 Å². The molecule has 1 atom stereocenters. The number of carbonyl (C=O) groups is 2. The summed E-state index contributed by atoms with van der Waals surface area (Å²) in [6, 6.07) is 0. The molecule has 0 radical (unpaired) electrons. The monoisotopic (exact) mass is 661 g/mol. The van der Waals surface area contributed by atoms with Gasteiger partial charge in [0.15, 0.2) is 6.10 Å². The zero-order valence-corrected chi connectivity index (χ0v) is 31.0. The molecule has 0 fully saturated rings. The van der Waals surface area contributed by atoms with Crippen LogP contribution in [0.15, 0.2) is 36.5 Å². The van der Waals surface area contributed by atoms with Crippen molar-refractivity contribution < 1.29 is 24.2 Å². The van der Waals surface area contributed by atoms with Crippen molar-refractivity contribution >= 4 is 11.9 Å². The van der Waals surface area contributed by atoms with Gasteiger partial charge in [-0.25, -0.2) is 0 Å². The molecule has 0 heterocycles. The fraction of sp³-hybridized carbons (Fsp3) is 0.810. The molecule has 0 aromatic heterocycles. The van der Waals surface area contributed by atoms with E-state index in [-0.39, 0.29) is 25.2 Å². The van der Waals surface area contributed by atoms with E-state index >= 15 is 0 Å². The van der Waals surface area contributed by atoms with Gasteiger partial charge in [0, 0.05) is 12.8 Å². The second-order valence-corrected chi connectivity index (χ2v) is 13.4. The summed E-state index contributed by atoms with van der Waals surface area (Å²) in [4.78, 5) is 24.2. The van der Waals surface area contributed by atoms with Crippen LogP contribution in [0.1, 0.15) is 200 Å². The fourth-order valence-corrected chi connectivity index (χ4v) is 5.58. The van der Waals surface area contributed by atoms with E-state index in [0.717, 1.165) is 51.4 Å². The SMILES string of the molecule is CCCCC/C=C\C/C=C\CCCCCCCCCCCC(=O)O[C@@H](CO)COC(=O)CCCCCCC/C=C\CCCCCCC. The van der Waals surface area contributed by atoms with Crippen molar-refractivity contribution in [2.24, 2.45) is 0 Å². The van der Waals surface area contributed by atoms with E-state index in [2.05, 4.69) is 50.3 Å². The van der Waals surface area contributed by atoms with E-state index in [9.17, 15) is 14.7 Å². The Hall–Kier alpha value is -1.88. The van der Waals surface area contributed by atoms with Crippen LogP contribution < -0.4 is 0 Å². The Labute approximate surface area is 291 Å². The standard InChI is InChI=1S/C42H76O5/c1-3-5-7-9-11-13-15-17-19-20-21-22-23-25-27-29-31-33-35-37-42(45)47-40(38-43)39-46-41(44)36-34-32-30-28-26-24-18-16-14-12-10-8-6-4-2/h11,13,16-19,40,43H,3-10,12,14-15,20-39H2,1-2H3/b13-11-,18-16-,19-17-/t40-/m0/s1. The molecule has 0 bridgehead atoms. The molecule has 0 amide bonds. The number of allylic oxidation sites excluding steroid dienone is 6. The molecular formula is C42H76O5. The molecule has 0 aromatic carbocycles. The number of aliphatic hydroxyl groups is 1. The summed E-state index contributed by atoms with van der Waals surface area (Å²) in [5.41, 5.74) is 0. The second kappa shape index (κ2) is 38.6. The molecule has 1 N–H and O–H groups in total. The van der Waals surface area contributed by atoms with Gasteiger partial charge < -0.3 is 14.6 Å². The topological polar surface area (TPSA) is 72.8 Å². The molecule has 0 spiro atoms. The largest absolute Gasteiger partial charge is 0.462 e. The van der Waals surface area contributed by atoms with Crippen LogP contribution in [0.3, 0.4) is 0 Å². The average Bonchev–Trinajstić information content (AvgIpc) is 3.07. The van der Waals surface area contributed by atoms with Crippen molar-refractivity contribution in [1.82, 2.24) is 0 Å². The maximum Gasteiger partial charge on any atom is 0.306 e. The summed E-state index contributed by atoms with van der Waals surface area (Å²) in [7, 11) is 0. The Morgan fingerprint density at radius 2 is 0.851 bits per heavy atom. The van der Waals surface area contributed by atoms with Gasteiger partial charge in [-0.05, 0) is 70.6 Å². The summed E-state index contributed by atoms with van der Waals surface area (Å²) in [6.45, 7) is 4.09. The van der Waals surface area contributed by atoms with Crippen molar-refractivity contribution in [1.29, 1.82) is 0 Å². The van der Waals surface area contributed by atoms with Gasteiger partial charge in [0.25, 0.3) is 0 Å². The van der Waals surface area contributed by atoms with E-state index in [4.69, 9.17) is 9.47 Å². The Morgan fingerprint density at radius 3 is 1.32 bits per heavy atom. The maximum absolute atomic E-state index is 12.2. The number of carbonyl (C=O) groups excluding carboxylic acids is 2. The smallest absolute Gasteiger partial charge is 0.306 e. The molecule has 0 aliphatic rings. The quantitative estimate of drug-likeness (QED) is 0.0411. The first-order valence-electron chi connectivity index (χ1n) is 20.0. The van der Waals surface area contributed by atoms with Gasteiger partial charge in [0.1, 0.15) is 6.61 Å². The molecule has 47 heavy (non-hydrogen) atoms. The predicted octanol–water partition coefficient (Wildman–Crippen LogP) is 12.5. The highest BCUT2D eigenvalue weighted by molar-refractivity contribution is 5.70. The highest BCUT2D eigenvalue weighted by Crippen LogP contribution is 2.13. The normalized spacial score (nSPS) is 12.5. The minimum atomic E-state index is -0.775. The molecule has 5 nitrogen and oxygen atoms in total. The van der Waals surface area contributed by atoms with Gasteiger partial charge in [-0.15, -0.1) is 0 Å². The summed E-state index contributed by atoms with van der Waals surface area (Å²) >= 11 is 0. The van der Waals surface area contributed by atoms with Crippen LogP contribution in [0.25, 0.3) is 0 Å². The van der Waals surface area contributed by atoms with Crippen LogP contribution in [-0.2, 0) is 19.1 Å². The van der Waals surface area contributed by atoms with Crippen LogP contribution in [0.4, 0.5) is 0 Å². The number of hydrogen-bond donors (Lipinski definition) is 1. The minimum absolute atomic E-state index is 0.0706. The van der Waals surface area contributed by atoms with E-state index < -0.39 is 6.10 Å². The van der Waals surface area contributed by atoms with Crippen molar-refractivity contribution in [3.63, 3.8) is 0 Å². The molecule has 0 saturated carbocycles. The van der Waals surface area contributed by atoms with E-state index in [1.165, 1.54) is 122 Å². The maximum atomic E-state index is 12.2. The first-order valence-corrected chi connectivity index (χ1v) is 20.0. The Balaban J connectivity index is 3.56. The first-order chi connectivity index (χ1) is 23.1. The van der Waals surface area contributed by atoms with Gasteiger partial charge in [-0.3, -0.25) is 9.59 Å². The van der Waals surface area contributed by atoms with Gasteiger partial charge in [-0.1, -0.05) is 153 Å². The van der Waals surface area contributed by atoms with Crippen LogP contribution in [0, 0.1) is 0 Å². The zero-order valence-electron chi connectivity index (χ0n) is 31.0. The molecule has 0 rings (SSSR count). The van der Waals surface area contributed by atoms with Crippen LogP contribution in [0.5, 0.6) is 0 Å². The number of ether oxygens (including phenoxy) is 2. The highest BCUT2D eigenvalue weighted by Gasteiger charge is 2.16. The Morgan fingerprint density at radius 1 is 0.489 bits per heavy atom. The Kier molecular flexibility index (Phi) is 37.0. The molecular weight excluding hydrogens is 584 g/mol. The van der Waals surface area contributed by atoms with Gasteiger partial charge >= 0.3 is 11.9 Å². The molecule has 0 aliphatic heterocycles. The van der Waals surface area contributed by atoms with Crippen LogP contribution in [-0.4, -0.2) is 36.4 Å².